The lowest BCUT2D eigenvalue weighted by Crippen LogP contribution is -2.42. The van der Waals surface area contributed by atoms with E-state index in [1.165, 1.54) is 18.2 Å². The summed E-state index contributed by atoms with van der Waals surface area (Å²) in [5.41, 5.74) is 0. The largest absolute Gasteiger partial charge is 0.481 e. The van der Waals surface area contributed by atoms with Gasteiger partial charge in [-0.25, -0.2) is 9.18 Å². The van der Waals surface area contributed by atoms with Crippen molar-refractivity contribution in [1.29, 1.82) is 0 Å². The molecule has 6 heteroatoms. The second-order valence-corrected chi connectivity index (χ2v) is 4.37. The molecular weight excluding hydrogens is 251 g/mol. The molecular formula is C13H17FN2O3. The van der Waals surface area contributed by atoms with Gasteiger partial charge in [0.25, 0.3) is 5.91 Å². The molecule has 0 unspecified atom stereocenters. The predicted octanol–water partition coefficient (Wildman–Crippen LogP) is 1.69. The van der Waals surface area contributed by atoms with E-state index < -0.39 is 24.4 Å². The van der Waals surface area contributed by atoms with Crippen molar-refractivity contribution < 1.29 is 18.7 Å². The molecule has 0 saturated carbocycles. The summed E-state index contributed by atoms with van der Waals surface area (Å²) in [5.74, 6) is -0.931. The molecule has 0 radical (unpaired) electrons. The van der Waals surface area contributed by atoms with Crippen LogP contribution in [0.3, 0.4) is 0 Å². The van der Waals surface area contributed by atoms with Gasteiger partial charge in [0.05, 0.1) is 0 Å². The quantitative estimate of drug-likeness (QED) is 0.854. The predicted molar refractivity (Wildman–Crippen MR) is 68.3 cm³/mol. The zero-order valence-corrected chi connectivity index (χ0v) is 10.9. The number of imide groups is 1. The number of carbonyl (C=O) groups is 2. The minimum Gasteiger partial charge on any atom is -0.481 e. The van der Waals surface area contributed by atoms with Crippen LogP contribution in [0.4, 0.5) is 9.18 Å². The van der Waals surface area contributed by atoms with E-state index in [4.69, 9.17) is 4.74 Å². The third-order valence-corrected chi connectivity index (χ3v) is 2.12. The molecule has 0 fully saturated rings. The summed E-state index contributed by atoms with van der Waals surface area (Å²) in [6, 6.07) is 5.15. The highest BCUT2D eigenvalue weighted by Gasteiger charge is 2.09. The average molecular weight is 268 g/mol. The Labute approximate surface area is 111 Å². The van der Waals surface area contributed by atoms with Crippen molar-refractivity contribution in [1.82, 2.24) is 10.6 Å². The standard InChI is InChI=1S/C13H17FN2O3/c1-9(2)7-15-13(18)16-12(17)8-19-11-6-4-3-5-10(11)14/h3-6,9H,7-8H2,1-2H3,(H2,15,16,17,18). The fraction of sp³-hybridized carbons (Fsp3) is 0.385. The van der Waals surface area contributed by atoms with Crippen molar-refractivity contribution in [2.24, 2.45) is 5.92 Å². The number of urea groups is 1. The fourth-order valence-corrected chi connectivity index (χ4v) is 1.21. The molecule has 1 aromatic carbocycles. The van der Waals surface area contributed by atoms with Crippen LogP contribution in [0.1, 0.15) is 13.8 Å². The number of benzene rings is 1. The zero-order chi connectivity index (χ0) is 14.3. The monoisotopic (exact) mass is 268 g/mol. The van der Waals surface area contributed by atoms with Gasteiger partial charge in [-0.15, -0.1) is 0 Å². The number of nitrogens with one attached hydrogen (secondary N) is 2. The van der Waals surface area contributed by atoms with Crippen LogP contribution in [0.5, 0.6) is 5.75 Å². The molecule has 0 aromatic heterocycles. The van der Waals surface area contributed by atoms with E-state index in [1.807, 2.05) is 13.8 Å². The zero-order valence-electron chi connectivity index (χ0n) is 10.9. The molecule has 0 aliphatic rings. The van der Waals surface area contributed by atoms with Crippen LogP contribution in [0.25, 0.3) is 0 Å². The molecule has 5 nitrogen and oxygen atoms in total. The van der Waals surface area contributed by atoms with Gasteiger partial charge >= 0.3 is 6.03 Å². The van der Waals surface area contributed by atoms with Gasteiger partial charge < -0.3 is 10.1 Å². The molecule has 0 bridgehead atoms. The van der Waals surface area contributed by atoms with Crippen molar-refractivity contribution >= 4 is 11.9 Å². The van der Waals surface area contributed by atoms with Crippen LogP contribution in [-0.4, -0.2) is 25.1 Å². The third kappa shape index (κ3) is 5.85. The van der Waals surface area contributed by atoms with Gasteiger partial charge in [-0.3, -0.25) is 10.1 Å². The lowest BCUT2D eigenvalue weighted by Gasteiger charge is -2.09. The summed E-state index contributed by atoms with van der Waals surface area (Å²) in [6.07, 6.45) is 0. The Hall–Kier alpha value is -2.11. The van der Waals surface area contributed by atoms with Crippen molar-refractivity contribution in [2.75, 3.05) is 13.2 Å². The topological polar surface area (TPSA) is 67.4 Å². The maximum atomic E-state index is 13.2. The molecule has 0 aliphatic carbocycles. The summed E-state index contributed by atoms with van der Waals surface area (Å²) < 4.78 is 18.1. The fourth-order valence-electron chi connectivity index (χ4n) is 1.21. The van der Waals surface area contributed by atoms with Crippen molar-refractivity contribution in [3.8, 4) is 5.75 Å². The second-order valence-electron chi connectivity index (χ2n) is 4.37. The Morgan fingerprint density at radius 1 is 1.32 bits per heavy atom. The summed E-state index contributed by atoms with van der Waals surface area (Å²) in [7, 11) is 0. The van der Waals surface area contributed by atoms with Gasteiger partial charge in [-0.1, -0.05) is 26.0 Å². The highest BCUT2D eigenvalue weighted by molar-refractivity contribution is 5.94. The molecule has 1 aromatic rings. The lowest BCUT2D eigenvalue weighted by atomic mass is 10.2. The van der Waals surface area contributed by atoms with E-state index in [2.05, 4.69) is 10.6 Å². The molecule has 0 heterocycles. The molecule has 104 valence electrons. The van der Waals surface area contributed by atoms with Gasteiger partial charge in [-0.05, 0) is 18.1 Å². The van der Waals surface area contributed by atoms with Crippen molar-refractivity contribution in [3.05, 3.63) is 30.1 Å². The number of rotatable bonds is 5. The van der Waals surface area contributed by atoms with E-state index in [1.54, 1.807) is 6.07 Å². The van der Waals surface area contributed by atoms with Crippen LogP contribution < -0.4 is 15.4 Å². The number of halogens is 1. The van der Waals surface area contributed by atoms with Crippen LogP contribution in [0.15, 0.2) is 24.3 Å². The van der Waals surface area contributed by atoms with Gasteiger partial charge in [0.2, 0.25) is 0 Å². The first-order valence-corrected chi connectivity index (χ1v) is 5.94. The molecule has 0 aliphatic heterocycles. The molecule has 0 saturated heterocycles. The first kappa shape index (κ1) is 14.9. The summed E-state index contributed by atoms with van der Waals surface area (Å²) in [5, 5.41) is 4.61. The molecule has 0 spiro atoms. The number of hydrogen-bond acceptors (Lipinski definition) is 3. The SMILES string of the molecule is CC(C)CNC(=O)NC(=O)COc1ccccc1F. The maximum Gasteiger partial charge on any atom is 0.321 e. The van der Waals surface area contributed by atoms with E-state index in [0.29, 0.717) is 6.54 Å². The highest BCUT2D eigenvalue weighted by Crippen LogP contribution is 2.14. The van der Waals surface area contributed by atoms with Gasteiger partial charge in [0, 0.05) is 6.54 Å². The Morgan fingerprint density at radius 3 is 2.63 bits per heavy atom. The molecule has 3 amide bonds. The van der Waals surface area contributed by atoms with Crippen LogP contribution in [0.2, 0.25) is 0 Å². The van der Waals surface area contributed by atoms with Gasteiger partial charge in [0.1, 0.15) is 0 Å². The van der Waals surface area contributed by atoms with Crippen LogP contribution in [-0.2, 0) is 4.79 Å². The van der Waals surface area contributed by atoms with Crippen molar-refractivity contribution in [3.63, 3.8) is 0 Å². The number of hydrogen-bond donors (Lipinski definition) is 2. The Balaban J connectivity index is 2.32. The molecule has 0 atom stereocenters. The van der Waals surface area contributed by atoms with Crippen LogP contribution in [0, 0.1) is 11.7 Å². The minimum atomic E-state index is -0.635. The first-order chi connectivity index (χ1) is 8.99. The van der Waals surface area contributed by atoms with Gasteiger partial charge in [0.15, 0.2) is 18.2 Å². The average Bonchev–Trinajstić information content (AvgIpc) is 2.35. The Bertz CT molecular complexity index is 449. The van der Waals surface area contributed by atoms with E-state index in [-0.39, 0.29) is 11.7 Å². The van der Waals surface area contributed by atoms with E-state index >= 15 is 0 Å². The van der Waals surface area contributed by atoms with Crippen molar-refractivity contribution in [2.45, 2.75) is 13.8 Å². The number of carbonyl (C=O) groups excluding carboxylic acids is 2. The highest BCUT2D eigenvalue weighted by atomic mass is 19.1. The van der Waals surface area contributed by atoms with E-state index in [9.17, 15) is 14.0 Å². The minimum absolute atomic E-state index is 0.0276. The van der Waals surface area contributed by atoms with Gasteiger partial charge in [-0.2, -0.15) is 0 Å². The molecule has 19 heavy (non-hydrogen) atoms. The maximum absolute atomic E-state index is 13.2. The first-order valence-electron chi connectivity index (χ1n) is 5.94. The lowest BCUT2D eigenvalue weighted by molar-refractivity contribution is -0.122. The second kappa shape index (κ2) is 7.35. The normalized spacial score (nSPS) is 10.1. The summed E-state index contributed by atoms with van der Waals surface area (Å²) in [6.45, 7) is 3.91. The molecule has 2 N–H and O–H groups in total. The summed E-state index contributed by atoms with van der Waals surface area (Å²) >= 11 is 0. The Kier molecular flexibility index (Phi) is 5.78. The number of ether oxygens (including phenoxy) is 1. The molecule has 1 rings (SSSR count). The summed E-state index contributed by atoms with van der Waals surface area (Å²) in [4.78, 5) is 22.6. The van der Waals surface area contributed by atoms with Crippen LogP contribution >= 0.6 is 0 Å². The number of amides is 3. The Morgan fingerprint density at radius 2 is 2.00 bits per heavy atom. The third-order valence-electron chi connectivity index (χ3n) is 2.12. The smallest absolute Gasteiger partial charge is 0.321 e. The van der Waals surface area contributed by atoms with E-state index in [0.717, 1.165) is 0 Å². The number of para-hydroxylation sites is 1.